The SMILES string of the molecule is CC(C(=O)O)N1C(=O)NC(C2CC2)(C2CC2)C1=O. The third-order valence-electron chi connectivity index (χ3n) is 4.29. The summed E-state index contributed by atoms with van der Waals surface area (Å²) in [7, 11) is 0. The molecule has 0 aromatic rings. The lowest BCUT2D eigenvalue weighted by molar-refractivity contribution is -0.147. The maximum Gasteiger partial charge on any atom is 0.326 e. The molecule has 2 saturated carbocycles. The first-order valence-corrected chi connectivity index (χ1v) is 6.37. The van der Waals surface area contributed by atoms with Gasteiger partial charge in [0.15, 0.2) is 0 Å². The Bertz CT molecular complexity index is 427. The van der Waals surface area contributed by atoms with Crippen LogP contribution in [0.3, 0.4) is 0 Å². The Hall–Kier alpha value is -1.59. The molecule has 1 unspecified atom stereocenters. The van der Waals surface area contributed by atoms with E-state index in [1.54, 1.807) is 0 Å². The second-order valence-electron chi connectivity index (χ2n) is 5.54. The highest BCUT2D eigenvalue weighted by Crippen LogP contribution is 2.54. The second-order valence-corrected chi connectivity index (χ2v) is 5.54. The van der Waals surface area contributed by atoms with Crippen molar-refractivity contribution in [3.63, 3.8) is 0 Å². The third kappa shape index (κ3) is 1.38. The quantitative estimate of drug-likeness (QED) is 0.716. The molecule has 1 aliphatic heterocycles. The van der Waals surface area contributed by atoms with Crippen LogP contribution < -0.4 is 5.32 Å². The van der Waals surface area contributed by atoms with Crippen molar-refractivity contribution in [1.82, 2.24) is 10.2 Å². The molecule has 6 nitrogen and oxygen atoms in total. The summed E-state index contributed by atoms with van der Waals surface area (Å²) in [5, 5.41) is 11.8. The summed E-state index contributed by atoms with van der Waals surface area (Å²) in [6.07, 6.45) is 3.77. The minimum absolute atomic E-state index is 0.201. The maximum atomic E-state index is 12.5. The zero-order valence-electron chi connectivity index (χ0n) is 10.2. The van der Waals surface area contributed by atoms with Gasteiger partial charge in [-0.2, -0.15) is 0 Å². The van der Waals surface area contributed by atoms with E-state index in [0.717, 1.165) is 30.6 Å². The van der Waals surface area contributed by atoms with E-state index in [2.05, 4.69) is 5.32 Å². The number of imide groups is 1. The molecule has 0 aromatic heterocycles. The first kappa shape index (κ1) is 11.5. The smallest absolute Gasteiger partial charge is 0.326 e. The molecule has 1 atom stereocenters. The van der Waals surface area contributed by atoms with Crippen LogP contribution in [0.25, 0.3) is 0 Å². The van der Waals surface area contributed by atoms with Crippen LogP contribution in [0.5, 0.6) is 0 Å². The lowest BCUT2D eigenvalue weighted by atomic mass is 9.87. The van der Waals surface area contributed by atoms with Gasteiger partial charge in [-0.05, 0) is 44.4 Å². The van der Waals surface area contributed by atoms with Crippen molar-refractivity contribution in [3.05, 3.63) is 0 Å². The Balaban J connectivity index is 1.93. The summed E-state index contributed by atoms with van der Waals surface area (Å²) in [6.45, 7) is 1.37. The molecule has 18 heavy (non-hydrogen) atoms. The molecule has 0 aromatic carbocycles. The minimum Gasteiger partial charge on any atom is -0.480 e. The molecule has 3 rings (SSSR count). The molecule has 0 bridgehead atoms. The van der Waals surface area contributed by atoms with Crippen LogP contribution in [0.15, 0.2) is 0 Å². The van der Waals surface area contributed by atoms with E-state index in [-0.39, 0.29) is 17.7 Å². The van der Waals surface area contributed by atoms with Crippen molar-refractivity contribution in [2.24, 2.45) is 11.8 Å². The van der Waals surface area contributed by atoms with Gasteiger partial charge in [-0.15, -0.1) is 0 Å². The Kier molecular flexibility index (Phi) is 2.21. The normalized spacial score (nSPS) is 28.2. The number of amides is 3. The molecule has 1 heterocycles. The number of urea groups is 1. The van der Waals surface area contributed by atoms with Gasteiger partial charge in [0.1, 0.15) is 11.6 Å². The van der Waals surface area contributed by atoms with E-state index >= 15 is 0 Å². The molecule has 0 spiro atoms. The van der Waals surface area contributed by atoms with Crippen LogP contribution in [0.1, 0.15) is 32.6 Å². The summed E-state index contributed by atoms with van der Waals surface area (Å²) in [6, 6.07) is -1.65. The number of hydrogen-bond donors (Lipinski definition) is 2. The van der Waals surface area contributed by atoms with E-state index in [1.807, 2.05) is 0 Å². The highest BCUT2D eigenvalue weighted by Gasteiger charge is 2.66. The van der Waals surface area contributed by atoms with E-state index in [1.165, 1.54) is 6.92 Å². The van der Waals surface area contributed by atoms with Crippen LogP contribution in [-0.4, -0.2) is 39.5 Å². The van der Waals surface area contributed by atoms with E-state index in [9.17, 15) is 14.4 Å². The highest BCUT2D eigenvalue weighted by atomic mass is 16.4. The molecule has 1 saturated heterocycles. The fraction of sp³-hybridized carbons (Fsp3) is 0.750. The summed E-state index contributed by atoms with van der Waals surface area (Å²) in [5.74, 6) is -1.08. The molecular weight excluding hydrogens is 236 g/mol. The van der Waals surface area contributed by atoms with Crippen LogP contribution >= 0.6 is 0 Å². The van der Waals surface area contributed by atoms with Gasteiger partial charge in [0.2, 0.25) is 0 Å². The van der Waals surface area contributed by atoms with Crippen molar-refractivity contribution < 1.29 is 19.5 Å². The van der Waals surface area contributed by atoms with Crippen LogP contribution in [0.2, 0.25) is 0 Å². The fourth-order valence-corrected chi connectivity index (χ4v) is 3.01. The standard InChI is InChI=1S/C12H16N2O4/c1-6(9(15)16)14-10(17)12(7-2-3-7,8-4-5-8)13-11(14)18/h6-8H,2-5H2,1H3,(H,13,18)(H,15,16). The molecule has 3 fully saturated rings. The monoisotopic (exact) mass is 252 g/mol. The molecule has 2 aliphatic carbocycles. The Morgan fingerprint density at radius 2 is 1.83 bits per heavy atom. The fourth-order valence-electron chi connectivity index (χ4n) is 3.01. The predicted molar refractivity (Wildman–Crippen MR) is 60.7 cm³/mol. The number of nitrogens with one attached hydrogen (secondary N) is 1. The van der Waals surface area contributed by atoms with Gasteiger partial charge >= 0.3 is 12.0 Å². The summed E-state index contributed by atoms with van der Waals surface area (Å²) in [5.41, 5.74) is -0.791. The number of carbonyl (C=O) groups excluding carboxylic acids is 2. The van der Waals surface area contributed by atoms with Crippen molar-refractivity contribution in [2.75, 3.05) is 0 Å². The van der Waals surface area contributed by atoms with E-state index in [4.69, 9.17) is 5.11 Å². The van der Waals surface area contributed by atoms with Gasteiger partial charge < -0.3 is 10.4 Å². The molecule has 0 radical (unpaired) electrons. The number of carbonyl (C=O) groups is 3. The van der Waals surface area contributed by atoms with E-state index < -0.39 is 23.6 Å². The lowest BCUT2D eigenvalue weighted by Gasteiger charge is -2.27. The van der Waals surface area contributed by atoms with Crippen LogP contribution in [0, 0.1) is 11.8 Å². The summed E-state index contributed by atoms with van der Waals surface area (Å²) >= 11 is 0. The van der Waals surface area contributed by atoms with E-state index in [0.29, 0.717) is 0 Å². The van der Waals surface area contributed by atoms with Gasteiger partial charge in [0.25, 0.3) is 5.91 Å². The minimum atomic E-state index is -1.15. The molecule has 98 valence electrons. The van der Waals surface area contributed by atoms with Gasteiger partial charge in [-0.1, -0.05) is 0 Å². The molecule has 2 N–H and O–H groups in total. The predicted octanol–water partition coefficient (Wildman–Crippen LogP) is 0.570. The van der Waals surface area contributed by atoms with Crippen molar-refractivity contribution >= 4 is 17.9 Å². The first-order chi connectivity index (χ1) is 8.48. The molecular formula is C12H16N2O4. The first-order valence-electron chi connectivity index (χ1n) is 6.37. The number of nitrogens with zero attached hydrogens (tertiary/aromatic N) is 1. The molecule has 3 amide bonds. The van der Waals surface area contributed by atoms with Crippen molar-refractivity contribution in [3.8, 4) is 0 Å². The second kappa shape index (κ2) is 3.46. The Morgan fingerprint density at radius 1 is 1.33 bits per heavy atom. The Morgan fingerprint density at radius 3 is 2.22 bits per heavy atom. The Labute approximate surface area is 104 Å². The average molecular weight is 252 g/mol. The highest BCUT2D eigenvalue weighted by molar-refractivity contribution is 6.10. The number of carboxylic acid groups (broad SMARTS) is 1. The van der Waals surface area contributed by atoms with Crippen LogP contribution in [0.4, 0.5) is 4.79 Å². The number of hydrogen-bond acceptors (Lipinski definition) is 3. The average Bonchev–Trinajstić information content (AvgIpc) is 3.15. The zero-order chi connectivity index (χ0) is 13.1. The van der Waals surface area contributed by atoms with Gasteiger partial charge in [0.05, 0.1) is 0 Å². The van der Waals surface area contributed by atoms with Gasteiger partial charge in [0, 0.05) is 0 Å². The van der Waals surface area contributed by atoms with Gasteiger partial charge in [-0.3, -0.25) is 4.79 Å². The largest absolute Gasteiger partial charge is 0.480 e. The number of aliphatic carboxylic acids is 1. The summed E-state index contributed by atoms with van der Waals surface area (Å²) < 4.78 is 0. The van der Waals surface area contributed by atoms with Gasteiger partial charge in [-0.25, -0.2) is 14.5 Å². The third-order valence-corrected chi connectivity index (χ3v) is 4.29. The number of carboxylic acids is 1. The zero-order valence-corrected chi connectivity index (χ0v) is 10.2. The van der Waals surface area contributed by atoms with Crippen molar-refractivity contribution in [2.45, 2.75) is 44.2 Å². The molecule has 3 aliphatic rings. The maximum absolute atomic E-state index is 12.5. The van der Waals surface area contributed by atoms with Crippen molar-refractivity contribution in [1.29, 1.82) is 0 Å². The summed E-state index contributed by atoms with van der Waals surface area (Å²) in [4.78, 5) is 36.3. The van der Waals surface area contributed by atoms with Crippen LogP contribution in [-0.2, 0) is 9.59 Å². The molecule has 6 heteroatoms. The lowest BCUT2D eigenvalue weighted by Crippen LogP contribution is -2.52. The topological polar surface area (TPSA) is 86.7 Å². The number of rotatable bonds is 4.